The lowest BCUT2D eigenvalue weighted by molar-refractivity contribution is -0.133. The number of nitrogens with one attached hydrogen (secondary N) is 2. The van der Waals surface area contributed by atoms with Crippen molar-refractivity contribution < 1.29 is 23.9 Å². The largest absolute Gasteiger partial charge is 0.493 e. The molecule has 12 nitrogen and oxygen atoms in total. The average Bonchev–Trinajstić information content (AvgIpc) is 3.50. The van der Waals surface area contributed by atoms with Gasteiger partial charge in [-0.25, -0.2) is 0 Å². The van der Waals surface area contributed by atoms with Gasteiger partial charge in [0.15, 0.2) is 11.5 Å². The van der Waals surface area contributed by atoms with Crippen molar-refractivity contribution in [2.75, 3.05) is 45.4 Å². The molecular weight excluding hydrogens is 582 g/mol. The Kier molecular flexibility index (Phi) is 12.4. The highest BCUT2D eigenvalue weighted by Crippen LogP contribution is 2.31. The van der Waals surface area contributed by atoms with Crippen molar-refractivity contribution >= 4 is 29.5 Å². The Labute approximate surface area is 262 Å². The number of aromatic nitrogens is 3. The molecule has 2 atom stereocenters. The lowest BCUT2D eigenvalue weighted by atomic mass is 10.0. The van der Waals surface area contributed by atoms with E-state index in [0.717, 1.165) is 17.0 Å². The number of rotatable bonds is 7. The fraction of sp³-hybridized carbons (Fsp3) is 0.452. The first kappa shape index (κ1) is 32.8. The van der Waals surface area contributed by atoms with Gasteiger partial charge in [-0.15, -0.1) is 5.10 Å². The minimum absolute atomic E-state index is 0.177. The first-order valence-electron chi connectivity index (χ1n) is 14.7. The number of methoxy groups -OCH3 is 1. The van der Waals surface area contributed by atoms with E-state index in [0.29, 0.717) is 50.5 Å². The molecular formula is C31H41N7O5S. The van der Waals surface area contributed by atoms with Gasteiger partial charge in [-0.3, -0.25) is 19.1 Å². The molecule has 3 amide bonds. The Hall–Kier alpha value is -4.10. The summed E-state index contributed by atoms with van der Waals surface area (Å²) in [4.78, 5) is 42.1. The monoisotopic (exact) mass is 623 g/mol. The molecule has 2 heterocycles. The normalized spacial score (nSPS) is 17.5. The SMILES string of the molecule is COc1cccc2c1OCCCn1cc(nn1)CCN(C(=O)[C@@H](N)CCSC)CCNC(=O)[C@H](Cc1ccccc1)NC2=O. The van der Waals surface area contributed by atoms with Crippen LogP contribution >= 0.6 is 11.8 Å². The van der Waals surface area contributed by atoms with Crippen molar-refractivity contribution in [1.29, 1.82) is 0 Å². The van der Waals surface area contributed by atoms with E-state index in [1.54, 1.807) is 39.5 Å². The van der Waals surface area contributed by atoms with E-state index in [1.165, 1.54) is 7.11 Å². The number of hydrogen-bond acceptors (Lipinski definition) is 9. The fourth-order valence-corrected chi connectivity index (χ4v) is 5.37. The molecule has 0 radical (unpaired) electrons. The number of aryl methyl sites for hydroxylation is 1. The van der Waals surface area contributed by atoms with E-state index >= 15 is 0 Å². The number of benzene rings is 2. The number of thioether (sulfide) groups is 1. The van der Waals surface area contributed by atoms with Crippen LogP contribution in [0.15, 0.2) is 54.7 Å². The highest BCUT2D eigenvalue weighted by atomic mass is 32.2. The molecule has 0 spiro atoms. The number of fused-ring (bicyclic) bond motifs is 3. The van der Waals surface area contributed by atoms with Crippen molar-refractivity contribution in [1.82, 2.24) is 30.5 Å². The summed E-state index contributed by atoms with van der Waals surface area (Å²) in [5.74, 6) is 0.471. The molecule has 3 aromatic rings. The number of carbonyl (C=O) groups excluding carboxylic acids is 3. The molecule has 0 unspecified atom stereocenters. The Morgan fingerprint density at radius 1 is 1.16 bits per heavy atom. The number of carbonyl (C=O) groups is 3. The van der Waals surface area contributed by atoms with Crippen LogP contribution in [0.4, 0.5) is 0 Å². The van der Waals surface area contributed by atoms with Gasteiger partial charge >= 0.3 is 0 Å². The van der Waals surface area contributed by atoms with Gasteiger partial charge in [0, 0.05) is 51.6 Å². The summed E-state index contributed by atoms with van der Waals surface area (Å²) >= 11 is 1.63. The van der Waals surface area contributed by atoms with Crippen molar-refractivity contribution in [3.63, 3.8) is 0 Å². The molecule has 0 fully saturated rings. The van der Waals surface area contributed by atoms with Crippen LogP contribution in [0.1, 0.15) is 34.5 Å². The fourth-order valence-electron chi connectivity index (χ4n) is 4.88. The summed E-state index contributed by atoms with van der Waals surface area (Å²) in [6.45, 7) is 1.65. The second-order valence-electron chi connectivity index (χ2n) is 10.5. The van der Waals surface area contributed by atoms with Gasteiger partial charge in [-0.2, -0.15) is 11.8 Å². The lowest BCUT2D eigenvalue weighted by Gasteiger charge is -2.26. The van der Waals surface area contributed by atoms with Crippen LogP contribution in [0, 0.1) is 0 Å². The van der Waals surface area contributed by atoms with Crippen LogP contribution in [0.2, 0.25) is 0 Å². The number of nitrogens with two attached hydrogens (primary N) is 1. The zero-order valence-electron chi connectivity index (χ0n) is 25.2. The van der Waals surface area contributed by atoms with Crippen molar-refractivity contribution in [3.05, 3.63) is 71.5 Å². The van der Waals surface area contributed by atoms with Crippen LogP contribution in [0.3, 0.4) is 0 Å². The van der Waals surface area contributed by atoms with E-state index < -0.39 is 18.0 Å². The van der Waals surface area contributed by atoms with Gasteiger partial charge in [-0.1, -0.05) is 41.6 Å². The van der Waals surface area contributed by atoms with Crippen LogP contribution in [0.25, 0.3) is 0 Å². The van der Waals surface area contributed by atoms with Crippen LogP contribution < -0.4 is 25.8 Å². The average molecular weight is 624 g/mol. The second-order valence-corrected chi connectivity index (χ2v) is 11.5. The molecule has 0 saturated heterocycles. The molecule has 1 aliphatic heterocycles. The Bertz CT molecular complexity index is 1390. The molecule has 2 bridgehead atoms. The van der Waals surface area contributed by atoms with E-state index in [-0.39, 0.29) is 36.9 Å². The van der Waals surface area contributed by atoms with Gasteiger partial charge in [0.05, 0.1) is 31.0 Å². The topological polar surface area (TPSA) is 154 Å². The van der Waals surface area contributed by atoms with Gasteiger partial charge in [0.1, 0.15) is 6.04 Å². The molecule has 1 aromatic heterocycles. The maximum atomic E-state index is 13.6. The lowest BCUT2D eigenvalue weighted by Crippen LogP contribution is -2.51. The third-order valence-electron chi connectivity index (χ3n) is 7.29. The molecule has 44 heavy (non-hydrogen) atoms. The Morgan fingerprint density at radius 2 is 1.98 bits per heavy atom. The van der Waals surface area contributed by atoms with Crippen LogP contribution in [0.5, 0.6) is 11.5 Å². The van der Waals surface area contributed by atoms with E-state index in [1.807, 2.05) is 42.8 Å². The molecule has 0 aliphatic carbocycles. The van der Waals surface area contributed by atoms with Gasteiger partial charge in [0.2, 0.25) is 11.8 Å². The molecule has 1 aliphatic rings. The Balaban J connectivity index is 1.60. The highest BCUT2D eigenvalue weighted by molar-refractivity contribution is 7.98. The number of amides is 3. The molecule has 4 N–H and O–H groups in total. The number of ether oxygens (including phenoxy) is 2. The third-order valence-corrected chi connectivity index (χ3v) is 7.94. The summed E-state index contributed by atoms with van der Waals surface area (Å²) in [7, 11) is 1.51. The van der Waals surface area contributed by atoms with Gasteiger partial charge in [-0.05, 0) is 36.1 Å². The predicted octanol–water partition coefficient (Wildman–Crippen LogP) is 1.68. The zero-order chi connectivity index (χ0) is 31.3. The number of para-hydroxylation sites is 1. The molecule has 4 rings (SSSR count). The zero-order valence-corrected chi connectivity index (χ0v) is 26.1. The number of nitrogens with zero attached hydrogens (tertiary/aromatic N) is 4. The molecule has 13 heteroatoms. The standard InChI is InChI=1S/C31H41N7O5S/c1-42-27-11-6-10-24-28(27)43-18-7-15-38-21-23(35-36-38)12-16-37(31(41)25(32)13-19-44-2)17-14-33-30(40)26(34-29(24)39)20-22-8-4-3-5-9-22/h3-6,8-11,21,25-26H,7,12-20,32H2,1-2H3,(H,33,40)(H,34,39)/t25-,26-/m0/s1. The minimum atomic E-state index is -0.881. The van der Waals surface area contributed by atoms with Gasteiger partial charge in [0.25, 0.3) is 5.91 Å². The summed E-state index contributed by atoms with van der Waals surface area (Å²) in [5, 5.41) is 14.3. The first-order chi connectivity index (χ1) is 21.4. The molecule has 236 valence electrons. The predicted molar refractivity (Wildman–Crippen MR) is 169 cm³/mol. The number of hydrogen-bond donors (Lipinski definition) is 3. The van der Waals surface area contributed by atoms with Crippen LogP contribution in [-0.4, -0.2) is 95.1 Å². The maximum Gasteiger partial charge on any atom is 0.255 e. The maximum absolute atomic E-state index is 13.6. The summed E-state index contributed by atoms with van der Waals surface area (Å²) < 4.78 is 13.3. The molecule has 0 saturated carbocycles. The minimum Gasteiger partial charge on any atom is -0.493 e. The summed E-state index contributed by atoms with van der Waals surface area (Å²) in [5.41, 5.74) is 8.13. The molecule has 2 aromatic carbocycles. The summed E-state index contributed by atoms with van der Waals surface area (Å²) in [6, 6.07) is 13.0. The first-order valence-corrected chi connectivity index (χ1v) is 16.1. The van der Waals surface area contributed by atoms with E-state index in [9.17, 15) is 14.4 Å². The third kappa shape index (κ3) is 9.20. The Morgan fingerprint density at radius 3 is 2.75 bits per heavy atom. The van der Waals surface area contributed by atoms with Crippen molar-refractivity contribution in [2.45, 2.75) is 44.3 Å². The highest BCUT2D eigenvalue weighted by Gasteiger charge is 2.26. The van der Waals surface area contributed by atoms with Crippen molar-refractivity contribution in [3.8, 4) is 11.5 Å². The smallest absolute Gasteiger partial charge is 0.255 e. The van der Waals surface area contributed by atoms with E-state index in [4.69, 9.17) is 15.2 Å². The van der Waals surface area contributed by atoms with Crippen LogP contribution in [-0.2, 0) is 29.0 Å². The van der Waals surface area contributed by atoms with E-state index in [2.05, 4.69) is 20.9 Å². The summed E-state index contributed by atoms with van der Waals surface area (Å²) in [6.07, 6.45) is 5.73. The van der Waals surface area contributed by atoms with Crippen molar-refractivity contribution in [2.24, 2.45) is 5.73 Å². The second kappa shape index (κ2) is 16.7. The van der Waals surface area contributed by atoms with Gasteiger partial charge < -0.3 is 30.7 Å². The quantitative estimate of drug-likeness (QED) is 0.357.